The van der Waals surface area contributed by atoms with Crippen LogP contribution >= 0.6 is 8.60 Å². The smallest absolute Gasteiger partial charge is 0.391 e. The molecule has 290 valence electrons. The van der Waals surface area contributed by atoms with Crippen LogP contribution in [0.25, 0.3) is 32.9 Å². The van der Waals surface area contributed by atoms with E-state index in [0.717, 1.165) is 25.7 Å². The molecule has 5 fully saturated rings. The van der Waals surface area contributed by atoms with Crippen LogP contribution in [0.2, 0.25) is 0 Å². The third-order valence-electron chi connectivity index (χ3n) is 11.2. The zero-order valence-electron chi connectivity index (χ0n) is 29.3. The Hall–Kier alpha value is -4.46. The van der Waals surface area contributed by atoms with Crippen molar-refractivity contribution >= 4 is 42.5 Å². The number of amides is 1. The van der Waals surface area contributed by atoms with E-state index in [1.165, 1.54) is 30.5 Å². The van der Waals surface area contributed by atoms with Crippen LogP contribution in [-0.4, -0.2) is 105 Å². The summed E-state index contributed by atoms with van der Waals surface area (Å²) in [6, 6.07) is 5.30. The largest absolute Gasteiger partial charge is 0.467 e. The molecule has 18 heteroatoms. The Morgan fingerprint density at radius 3 is 2.47 bits per heavy atom. The number of nitrogens with zero attached hydrogens (tertiary/aromatic N) is 6. The minimum absolute atomic E-state index is 0.0483. The molecule has 2 aromatic carbocycles. The average Bonchev–Trinajstić information content (AvgIpc) is 3.93. The Labute approximate surface area is 313 Å². The summed E-state index contributed by atoms with van der Waals surface area (Å²) in [6.45, 7) is 1.71. The molecule has 5 aliphatic rings. The number of hydrogen-bond donors (Lipinski definition) is 2. The monoisotopic (exact) mass is 786 g/mol. The van der Waals surface area contributed by atoms with Crippen LogP contribution in [0.15, 0.2) is 30.5 Å². The summed E-state index contributed by atoms with van der Waals surface area (Å²) in [5.74, 6) is -0.0730. The molecule has 55 heavy (non-hydrogen) atoms. The fourth-order valence-electron chi connectivity index (χ4n) is 8.10. The van der Waals surface area contributed by atoms with E-state index < -0.39 is 39.1 Å². The van der Waals surface area contributed by atoms with E-state index in [2.05, 4.69) is 15.9 Å². The first-order valence-electron chi connectivity index (χ1n) is 17.8. The van der Waals surface area contributed by atoms with Gasteiger partial charge >= 0.3 is 20.8 Å². The van der Waals surface area contributed by atoms with Gasteiger partial charge in [-0.05, 0) is 68.8 Å². The second-order valence-corrected chi connectivity index (χ2v) is 15.4. The Morgan fingerprint density at radius 1 is 1.07 bits per heavy atom. The van der Waals surface area contributed by atoms with Crippen molar-refractivity contribution in [3.63, 3.8) is 0 Å². The van der Waals surface area contributed by atoms with Gasteiger partial charge in [-0.1, -0.05) is 12.0 Å². The highest BCUT2D eigenvalue weighted by Gasteiger charge is 2.48. The third kappa shape index (κ3) is 7.34. The fraction of sp³-hybridized carbons (Fsp3) is 0.459. The molecule has 1 amide bonds. The van der Waals surface area contributed by atoms with Crippen molar-refractivity contribution in [1.82, 2.24) is 24.8 Å². The number of fused-ring (bicyclic) bond motifs is 4. The zero-order valence-corrected chi connectivity index (χ0v) is 30.2. The lowest BCUT2D eigenvalue weighted by Crippen LogP contribution is -2.68. The van der Waals surface area contributed by atoms with Gasteiger partial charge in [-0.15, -0.1) is 6.42 Å². The molecule has 0 spiro atoms. The molecule has 1 aliphatic carbocycles. The molecule has 2 bridgehead atoms. The van der Waals surface area contributed by atoms with Crippen LogP contribution in [-0.2, 0) is 9.32 Å². The molecule has 2 N–H and O–H groups in total. The first kappa shape index (κ1) is 37.5. The summed E-state index contributed by atoms with van der Waals surface area (Å²) in [7, 11) is -2.72. The van der Waals surface area contributed by atoms with Crippen molar-refractivity contribution in [2.75, 3.05) is 51.0 Å². The Bertz CT molecular complexity index is 2170. The first-order valence-corrected chi connectivity index (χ1v) is 19.0. The minimum Gasteiger partial charge on any atom is -0.467 e. The molecule has 4 aromatic rings. The maximum atomic E-state index is 17.1. The van der Waals surface area contributed by atoms with Crippen molar-refractivity contribution in [2.45, 2.75) is 50.4 Å². The summed E-state index contributed by atoms with van der Waals surface area (Å²) >= 11 is 0. The molecule has 6 heterocycles. The van der Waals surface area contributed by atoms with E-state index in [1.54, 1.807) is 4.90 Å². The highest BCUT2D eigenvalue weighted by atomic mass is 31.2. The second kappa shape index (κ2) is 14.6. The maximum Gasteiger partial charge on any atom is 0.391 e. The van der Waals surface area contributed by atoms with Gasteiger partial charge in [-0.25, -0.2) is 8.78 Å². The van der Waals surface area contributed by atoms with E-state index in [0.29, 0.717) is 43.9 Å². The van der Waals surface area contributed by atoms with Crippen molar-refractivity contribution in [3.8, 4) is 35.4 Å². The van der Waals surface area contributed by atoms with E-state index in [9.17, 15) is 18.0 Å². The highest BCUT2D eigenvalue weighted by molar-refractivity contribution is 7.39. The number of piperidine rings is 2. The van der Waals surface area contributed by atoms with Gasteiger partial charge in [0.2, 0.25) is 6.41 Å². The van der Waals surface area contributed by atoms with Gasteiger partial charge in [0.15, 0.2) is 12.6 Å². The van der Waals surface area contributed by atoms with Crippen molar-refractivity contribution in [2.24, 2.45) is 11.3 Å². The van der Waals surface area contributed by atoms with Crippen molar-refractivity contribution in [1.29, 1.82) is 0 Å². The number of piperazine rings is 1. The van der Waals surface area contributed by atoms with Crippen LogP contribution in [0.3, 0.4) is 0 Å². The molecule has 9 rings (SSSR count). The number of aromatic nitrogens is 3. The number of pyridine rings is 1. The first-order chi connectivity index (χ1) is 26.4. The standard InChI is InChI=1S/C37H36F5N6O6P/c1-2-26-29(38)4-3-21-11-25(53-20-54-55(50)51)13-27(30(21)26)32-31(39)33-28(14-43-32)34(47-15-23-12-24(16-47)48(23)19-49)45-35(44-33)52-18-36(7-8-36)17-46-9-5-22(6-10-46)37(40,41)42/h1,3-4,11,13-14,19,22-24,50-51H,5-10,12,15-18,20H2. The normalized spacial score (nSPS) is 21.1. The number of ether oxygens (including phenoxy) is 2. The maximum absolute atomic E-state index is 17.1. The summed E-state index contributed by atoms with van der Waals surface area (Å²) in [4.78, 5) is 49.5. The van der Waals surface area contributed by atoms with Gasteiger partial charge in [0.1, 0.15) is 28.6 Å². The van der Waals surface area contributed by atoms with E-state index in [1.807, 2.05) is 9.80 Å². The van der Waals surface area contributed by atoms with Crippen LogP contribution in [0.5, 0.6) is 11.8 Å². The number of halogens is 5. The average molecular weight is 787 g/mol. The van der Waals surface area contributed by atoms with Gasteiger partial charge in [0, 0.05) is 42.2 Å². The SMILES string of the molecule is C#Cc1c(F)ccc2cc(OCOP(O)O)cc(-c3ncc4c(N5CC6CC(C5)N6C=O)nc(OCC5(CN6CCC(C(F)(F)F)CC6)CC5)nc4c3F)c12. The number of carbonyl (C=O) groups is 1. The second-order valence-electron chi connectivity index (χ2n) is 14.7. The lowest BCUT2D eigenvalue weighted by molar-refractivity contribution is -0.185. The Kier molecular flexibility index (Phi) is 9.92. The van der Waals surface area contributed by atoms with Gasteiger partial charge < -0.3 is 34.0 Å². The molecular weight excluding hydrogens is 750 g/mol. The summed E-state index contributed by atoms with van der Waals surface area (Å²) in [5.41, 5.74) is -0.743. The van der Waals surface area contributed by atoms with Crippen molar-refractivity contribution in [3.05, 3.63) is 47.7 Å². The number of anilines is 1. The number of hydrogen-bond acceptors (Lipinski definition) is 11. The van der Waals surface area contributed by atoms with E-state index >= 15 is 8.78 Å². The number of carbonyl (C=O) groups excluding carboxylic acids is 1. The van der Waals surface area contributed by atoms with Crippen LogP contribution in [0, 0.1) is 35.3 Å². The molecule has 4 aliphatic heterocycles. The number of likely N-dealkylation sites (tertiary alicyclic amines) is 1. The summed E-state index contributed by atoms with van der Waals surface area (Å²) in [6.07, 6.45) is 6.29. The zero-order chi connectivity index (χ0) is 38.6. The number of rotatable bonds is 12. The molecule has 4 saturated heterocycles. The predicted octanol–water partition coefficient (Wildman–Crippen LogP) is 5.52. The molecule has 12 nitrogen and oxygen atoms in total. The predicted molar refractivity (Wildman–Crippen MR) is 191 cm³/mol. The molecule has 0 radical (unpaired) electrons. The van der Waals surface area contributed by atoms with E-state index in [4.69, 9.17) is 35.2 Å². The number of terminal acetylenes is 1. The quantitative estimate of drug-likeness (QED) is 0.0619. The molecule has 2 unspecified atom stereocenters. The topological polar surface area (TPSA) is 134 Å². The molecule has 2 atom stereocenters. The molecular formula is C37H36F5N6O6P. The third-order valence-corrected chi connectivity index (χ3v) is 11.6. The van der Waals surface area contributed by atoms with Crippen molar-refractivity contribution < 1.29 is 50.5 Å². The lowest BCUT2D eigenvalue weighted by atomic mass is 9.88. The van der Waals surface area contributed by atoms with Gasteiger partial charge in [0.25, 0.3) is 0 Å². The molecule has 1 saturated carbocycles. The Balaban J connectivity index is 1.16. The minimum atomic E-state index is -4.20. The fourth-order valence-corrected chi connectivity index (χ4v) is 8.25. The highest BCUT2D eigenvalue weighted by Crippen LogP contribution is 2.48. The Morgan fingerprint density at radius 2 is 1.82 bits per heavy atom. The van der Waals surface area contributed by atoms with E-state index in [-0.39, 0.29) is 81.8 Å². The lowest BCUT2D eigenvalue weighted by Gasteiger charge is -2.55. The van der Waals surface area contributed by atoms with Crippen LogP contribution in [0.4, 0.5) is 27.8 Å². The molecule has 2 aromatic heterocycles. The van der Waals surface area contributed by atoms with Gasteiger partial charge in [0.05, 0.1) is 35.6 Å². The summed E-state index contributed by atoms with van der Waals surface area (Å²) < 4.78 is 88.5. The van der Waals surface area contributed by atoms with Gasteiger partial charge in [-0.2, -0.15) is 23.1 Å². The summed E-state index contributed by atoms with van der Waals surface area (Å²) in [5, 5.41) is 0.836. The van der Waals surface area contributed by atoms with Gasteiger partial charge in [-0.3, -0.25) is 14.3 Å². The number of benzene rings is 2. The number of alkyl halides is 3. The van der Waals surface area contributed by atoms with Crippen LogP contribution in [0.1, 0.15) is 37.7 Å². The van der Waals surface area contributed by atoms with Crippen LogP contribution < -0.4 is 14.4 Å².